The normalized spacial score (nSPS) is 28.8. The van der Waals surface area contributed by atoms with Crippen molar-refractivity contribution in [2.24, 2.45) is 11.8 Å². The number of benzene rings is 1. The van der Waals surface area contributed by atoms with E-state index in [-0.39, 0.29) is 5.41 Å². The highest BCUT2D eigenvalue weighted by molar-refractivity contribution is 7.90. The Morgan fingerprint density at radius 3 is 2.68 bits per heavy atom. The topological polar surface area (TPSA) is 39.1 Å². The smallest absolute Gasteiger partial charge is 0.245 e. The molecule has 0 amide bonds. The Balaban J connectivity index is 1.88. The van der Waals surface area contributed by atoms with E-state index >= 15 is 0 Å². The summed E-state index contributed by atoms with van der Waals surface area (Å²) in [6, 6.07) is 10.8. The third kappa shape index (κ3) is 2.42. The molecule has 3 nitrogen and oxygen atoms in total. The number of allylic oxidation sites excluding steroid dienone is 1. The van der Waals surface area contributed by atoms with Gasteiger partial charge in [0.05, 0.1) is 4.90 Å². The minimum atomic E-state index is -3.56. The van der Waals surface area contributed by atoms with Crippen molar-refractivity contribution in [1.29, 1.82) is 0 Å². The van der Waals surface area contributed by atoms with Gasteiger partial charge in [-0.1, -0.05) is 37.6 Å². The molecule has 0 radical (unpaired) electrons. The van der Waals surface area contributed by atoms with Gasteiger partial charge in [0, 0.05) is 17.3 Å². The summed E-state index contributed by atoms with van der Waals surface area (Å²) < 4.78 is 28.1. The molecule has 1 fully saturated rings. The lowest BCUT2D eigenvalue weighted by Crippen LogP contribution is -2.45. The van der Waals surface area contributed by atoms with Gasteiger partial charge in [-0.3, -0.25) is 0 Å². The summed E-state index contributed by atoms with van der Waals surface area (Å²) in [6.45, 7) is 6.31. The third-order valence-corrected chi connectivity index (χ3v) is 8.06. The van der Waals surface area contributed by atoms with Crippen LogP contribution >= 0.6 is 0 Å². The second-order valence-corrected chi connectivity index (χ2v) is 9.47. The summed E-state index contributed by atoms with van der Waals surface area (Å²) in [6.07, 6.45) is 9.27. The molecular formula is C21H25NO2S. The van der Waals surface area contributed by atoms with Crippen LogP contribution in [0.15, 0.2) is 60.1 Å². The van der Waals surface area contributed by atoms with Gasteiger partial charge in [-0.25, -0.2) is 12.4 Å². The minimum absolute atomic E-state index is 0.101. The highest BCUT2D eigenvalue weighted by Crippen LogP contribution is 2.53. The standard InChI is InChI=1S/C21H25NO2S/c1-3-16-8-7-14-21(2)19(16)12-11-17-13-15-22(20(17)21)25(23,24)18-9-5-4-6-10-18/h3-6,9-10,13,15-16,19H,1,7-8,11-12,14H2,2H3/t16-,19+,21+/m1/s1. The summed E-state index contributed by atoms with van der Waals surface area (Å²) >= 11 is 0. The van der Waals surface area contributed by atoms with E-state index in [9.17, 15) is 8.42 Å². The van der Waals surface area contributed by atoms with E-state index in [1.54, 1.807) is 34.4 Å². The zero-order valence-corrected chi connectivity index (χ0v) is 15.5. The lowest BCUT2D eigenvalue weighted by atomic mass is 9.56. The van der Waals surface area contributed by atoms with Crippen molar-refractivity contribution >= 4 is 10.0 Å². The molecule has 2 aliphatic rings. The molecule has 1 aromatic carbocycles. The number of aryl methyl sites for hydroxylation is 1. The molecule has 1 heterocycles. The largest absolute Gasteiger partial charge is 0.267 e. The molecule has 0 spiro atoms. The van der Waals surface area contributed by atoms with Gasteiger partial charge >= 0.3 is 0 Å². The number of hydrogen-bond donors (Lipinski definition) is 0. The molecule has 0 unspecified atom stereocenters. The van der Waals surface area contributed by atoms with Gasteiger partial charge in [0.15, 0.2) is 0 Å². The maximum absolute atomic E-state index is 13.3. The van der Waals surface area contributed by atoms with Gasteiger partial charge in [-0.2, -0.15) is 0 Å². The first kappa shape index (κ1) is 16.6. The van der Waals surface area contributed by atoms with Crippen LogP contribution in [0.1, 0.15) is 43.9 Å². The van der Waals surface area contributed by atoms with Crippen molar-refractivity contribution in [3.05, 3.63) is 66.5 Å². The maximum Gasteiger partial charge on any atom is 0.267 e. The van der Waals surface area contributed by atoms with Crippen molar-refractivity contribution in [3.8, 4) is 0 Å². The minimum Gasteiger partial charge on any atom is -0.245 e. The fourth-order valence-corrected chi connectivity index (χ4v) is 6.68. The Kier molecular flexibility index (Phi) is 3.91. The zero-order valence-electron chi connectivity index (χ0n) is 14.7. The van der Waals surface area contributed by atoms with Crippen LogP contribution in [0.3, 0.4) is 0 Å². The third-order valence-electron chi connectivity index (χ3n) is 6.37. The molecule has 0 saturated heterocycles. The molecule has 2 aromatic rings. The van der Waals surface area contributed by atoms with Crippen molar-refractivity contribution in [3.63, 3.8) is 0 Å². The maximum atomic E-state index is 13.3. The van der Waals surface area contributed by atoms with Gasteiger partial charge in [-0.05, 0) is 61.3 Å². The van der Waals surface area contributed by atoms with Crippen molar-refractivity contribution in [2.45, 2.75) is 49.3 Å². The van der Waals surface area contributed by atoms with E-state index in [4.69, 9.17) is 0 Å². The predicted octanol–water partition coefficient (Wildman–Crippen LogP) is 4.53. The second kappa shape index (κ2) is 5.87. The Labute approximate surface area is 150 Å². The van der Waals surface area contributed by atoms with Crippen LogP contribution in [-0.2, 0) is 21.9 Å². The second-order valence-electron chi connectivity index (χ2n) is 7.66. The quantitative estimate of drug-likeness (QED) is 0.759. The van der Waals surface area contributed by atoms with Crippen molar-refractivity contribution in [1.82, 2.24) is 3.97 Å². The monoisotopic (exact) mass is 355 g/mol. The zero-order chi connectivity index (χ0) is 17.7. The summed E-state index contributed by atoms with van der Waals surface area (Å²) in [5.74, 6) is 0.959. The van der Waals surface area contributed by atoms with Crippen molar-refractivity contribution in [2.75, 3.05) is 0 Å². The number of hydrogen-bond acceptors (Lipinski definition) is 2. The molecular weight excluding hydrogens is 330 g/mol. The fraction of sp³-hybridized carbons (Fsp3) is 0.429. The molecule has 1 saturated carbocycles. The number of aromatic nitrogens is 1. The highest BCUT2D eigenvalue weighted by atomic mass is 32.2. The van der Waals surface area contributed by atoms with Gasteiger partial charge < -0.3 is 0 Å². The first-order valence-corrected chi connectivity index (χ1v) is 10.6. The van der Waals surface area contributed by atoms with Crippen molar-refractivity contribution < 1.29 is 8.42 Å². The Morgan fingerprint density at radius 1 is 1.20 bits per heavy atom. The molecule has 0 bridgehead atoms. The molecule has 2 aliphatic carbocycles. The molecule has 0 N–H and O–H groups in total. The number of rotatable bonds is 3. The summed E-state index contributed by atoms with van der Waals surface area (Å²) in [5, 5.41) is 0. The number of fused-ring (bicyclic) bond motifs is 3. The summed E-state index contributed by atoms with van der Waals surface area (Å²) in [4.78, 5) is 0.357. The summed E-state index contributed by atoms with van der Waals surface area (Å²) in [7, 11) is -3.56. The van der Waals surface area contributed by atoms with Crippen LogP contribution in [-0.4, -0.2) is 12.4 Å². The number of nitrogens with zero attached hydrogens (tertiary/aromatic N) is 1. The molecule has 3 atom stereocenters. The van der Waals surface area contributed by atoms with Crippen LogP contribution in [0.5, 0.6) is 0 Å². The Morgan fingerprint density at radius 2 is 1.96 bits per heavy atom. The average molecular weight is 356 g/mol. The lowest BCUT2D eigenvalue weighted by Gasteiger charge is -2.49. The van der Waals surface area contributed by atoms with E-state index < -0.39 is 10.0 Å². The average Bonchev–Trinajstić information content (AvgIpc) is 3.08. The van der Waals surface area contributed by atoms with Crippen LogP contribution in [0.25, 0.3) is 0 Å². The molecule has 4 heteroatoms. The van der Waals surface area contributed by atoms with Crippen LogP contribution in [0, 0.1) is 11.8 Å². The van der Waals surface area contributed by atoms with Gasteiger partial charge in [0.1, 0.15) is 0 Å². The Bertz CT molecular complexity index is 897. The van der Waals surface area contributed by atoms with E-state index in [1.807, 2.05) is 12.1 Å². The van der Waals surface area contributed by atoms with E-state index in [0.717, 1.165) is 31.4 Å². The molecule has 4 rings (SSSR count). The summed E-state index contributed by atoms with van der Waals surface area (Å²) in [5.41, 5.74) is 2.11. The molecule has 0 aliphatic heterocycles. The highest BCUT2D eigenvalue weighted by Gasteiger charge is 2.48. The fourth-order valence-electron chi connectivity index (χ4n) is 5.16. The molecule has 132 valence electrons. The van der Waals surface area contributed by atoms with Crippen LogP contribution < -0.4 is 0 Å². The molecule has 25 heavy (non-hydrogen) atoms. The lowest BCUT2D eigenvalue weighted by molar-refractivity contribution is 0.129. The van der Waals surface area contributed by atoms with Gasteiger partial charge in [0.2, 0.25) is 0 Å². The van der Waals surface area contributed by atoms with Crippen LogP contribution in [0.4, 0.5) is 0 Å². The van der Waals surface area contributed by atoms with E-state index in [2.05, 4.69) is 19.6 Å². The first-order valence-electron chi connectivity index (χ1n) is 9.12. The van der Waals surface area contributed by atoms with E-state index in [1.165, 1.54) is 12.0 Å². The first-order chi connectivity index (χ1) is 12.0. The van der Waals surface area contributed by atoms with Gasteiger partial charge in [0.25, 0.3) is 10.0 Å². The predicted molar refractivity (Wildman–Crippen MR) is 100 cm³/mol. The molecule has 1 aromatic heterocycles. The van der Waals surface area contributed by atoms with Gasteiger partial charge in [-0.15, -0.1) is 6.58 Å². The van der Waals surface area contributed by atoms with E-state index in [0.29, 0.717) is 16.7 Å². The Hall–Kier alpha value is -1.81. The van der Waals surface area contributed by atoms with Crippen LogP contribution in [0.2, 0.25) is 0 Å². The SMILES string of the molecule is C=C[C@@H]1CCC[C@]2(C)c3c(ccn3S(=O)(=O)c3ccccc3)CC[C@@H]12.